The first-order chi connectivity index (χ1) is 9.38. The smallest absolute Gasteiger partial charge is 0.181 e. The molecule has 1 atom stereocenters. The Labute approximate surface area is 129 Å². The Bertz CT molecular complexity index is 501. The predicted octanol–water partition coefficient (Wildman–Crippen LogP) is 3.27. The summed E-state index contributed by atoms with van der Waals surface area (Å²) in [6.45, 7) is 2.69. The summed E-state index contributed by atoms with van der Waals surface area (Å²) in [6, 6.07) is 4.69. The highest BCUT2D eigenvalue weighted by Crippen LogP contribution is 2.29. The summed E-state index contributed by atoms with van der Waals surface area (Å²) >= 11 is 11.9. The summed E-state index contributed by atoms with van der Waals surface area (Å²) < 4.78 is 0. The fourth-order valence-corrected chi connectivity index (χ4v) is 3.03. The number of carbonyl (C=O) groups excluding carboxylic acids is 1. The summed E-state index contributed by atoms with van der Waals surface area (Å²) in [5.74, 6) is 0.472. The molecule has 3 nitrogen and oxygen atoms in total. The highest BCUT2D eigenvalue weighted by Gasteiger charge is 2.30. The van der Waals surface area contributed by atoms with Crippen LogP contribution < -0.4 is 0 Å². The van der Waals surface area contributed by atoms with Crippen LogP contribution in [0.2, 0.25) is 10.0 Å². The molecule has 20 heavy (non-hydrogen) atoms. The molecule has 0 bridgehead atoms. The van der Waals surface area contributed by atoms with Crippen molar-refractivity contribution >= 4 is 29.0 Å². The van der Waals surface area contributed by atoms with Gasteiger partial charge in [0.2, 0.25) is 0 Å². The van der Waals surface area contributed by atoms with Gasteiger partial charge in [0.1, 0.15) is 0 Å². The van der Waals surface area contributed by atoms with Crippen molar-refractivity contribution in [1.82, 2.24) is 4.90 Å². The number of aliphatic hydroxyl groups excluding tert-OH is 1. The number of carbonyl (C=O) groups is 1. The third-order valence-corrected chi connectivity index (χ3v) is 4.54. The molecule has 1 aliphatic carbocycles. The Morgan fingerprint density at radius 3 is 2.65 bits per heavy atom. The second-order valence-corrected chi connectivity index (χ2v) is 6.44. The van der Waals surface area contributed by atoms with E-state index in [9.17, 15) is 9.90 Å². The molecule has 1 aromatic rings. The van der Waals surface area contributed by atoms with Crippen molar-refractivity contribution in [2.45, 2.75) is 31.9 Å². The van der Waals surface area contributed by atoms with E-state index in [1.54, 1.807) is 18.2 Å². The lowest BCUT2D eigenvalue weighted by Gasteiger charge is -2.36. The summed E-state index contributed by atoms with van der Waals surface area (Å²) in [7, 11) is 1.93. The zero-order chi connectivity index (χ0) is 14.9. The lowest BCUT2D eigenvalue weighted by molar-refractivity contribution is 0.0234. The van der Waals surface area contributed by atoms with Gasteiger partial charge in [0.15, 0.2) is 5.78 Å². The van der Waals surface area contributed by atoms with E-state index in [-0.39, 0.29) is 17.9 Å². The number of hydrogen-bond donors (Lipinski definition) is 1. The van der Waals surface area contributed by atoms with Crippen molar-refractivity contribution in [1.29, 1.82) is 0 Å². The molecule has 2 rings (SSSR count). The van der Waals surface area contributed by atoms with E-state index >= 15 is 0 Å². The molecule has 0 aromatic heterocycles. The minimum absolute atomic E-state index is 0.00552. The molecule has 0 spiro atoms. The molecular formula is C15H19Cl2NO2. The monoisotopic (exact) mass is 315 g/mol. The summed E-state index contributed by atoms with van der Waals surface area (Å²) in [4.78, 5) is 14.5. The quantitative estimate of drug-likeness (QED) is 0.848. The highest BCUT2D eigenvalue weighted by molar-refractivity contribution is 6.37. The van der Waals surface area contributed by atoms with Crippen LogP contribution in [0.25, 0.3) is 0 Å². The largest absolute Gasteiger partial charge is 0.393 e. The first-order valence-corrected chi connectivity index (χ1v) is 7.51. The molecule has 1 aliphatic rings. The average molecular weight is 316 g/mol. The number of ketones is 1. The second-order valence-electron chi connectivity index (χ2n) is 5.60. The molecule has 0 radical (unpaired) electrons. The number of aliphatic hydroxyl groups is 1. The fraction of sp³-hybridized carbons (Fsp3) is 0.533. The van der Waals surface area contributed by atoms with Crippen LogP contribution in [0.1, 0.15) is 30.1 Å². The lowest BCUT2D eigenvalue weighted by Crippen LogP contribution is -2.43. The van der Waals surface area contributed by atoms with E-state index < -0.39 is 0 Å². The molecule has 1 unspecified atom stereocenters. The average Bonchev–Trinajstić information content (AvgIpc) is 2.35. The number of nitrogens with zero attached hydrogens (tertiary/aromatic N) is 1. The number of benzene rings is 1. The van der Waals surface area contributed by atoms with Gasteiger partial charge in [0.25, 0.3) is 0 Å². The van der Waals surface area contributed by atoms with Gasteiger partial charge < -0.3 is 5.11 Å². The van der Waals surface area contributed by atoms with Gasteiger partial charge in [-0.2, -0.15) is 0 Å². The van der Waals surface area contributed by atoms with Crippen LogP contribution in [0, 0.1) is 5.92 Å². The fourth-order valence-electron chi connectivity index (χ4n) is 2.53. The topological polar surface area (TPSA) is 40.5 Å². The highest BCUT2D eigenvalue weighted by atomic mass is 35.5. The minimum atomic E-state index is -0.244. The van der Waals surface area contributed by atoms with Gasteiger partial charge in [-0.15, -0.1) is 0 Å². The number of halogens is 2. The second kappa shape index (κ2) is 6.44. The Hall–Kier alpha value is -0.610. The molecule has 0 amide bonds. The molecule has 1 saturated carbocycles. The maximum atomic E-state index is 12.5. The first kappa shape index (κ1) is 15.8. The van der Waals surface area contributed by atoms with Crippen LogP contribution in [0.5, 0.6) is 0 Å². The summed E-state index contributed by atoms with van der Waals surface area (Å²) in [5, 5.41) is 10.2. The van der Waals surface area contributed by atoms with Crippen LogP contribution in [-0.2, 0) is 0 Å². The van der Waals surface area contributed by atoms with Crippen LogP contribution in [-0.4, -0.2) is 41.5 Å². The molecule has 1 fully saturated rings. The number of likely N-dealkylation sites (N-methyl/N-ethyl adjacent to an activating group) is 1. The van der Waals surface area contributed by atoms with Gasteiger partial charge in [-0.05, 0) is 50.9 Å². The third kappa shape index (κ3) is 3.53. The van der Waals surface area contributed by atoms with E-state index in [1.165, 1.54) is 0 Å². The van der Waals surface area contributed by atoms with Crippen molar-refractivity contribution in [3.63, 3.8) is 0 Å². The van der Waals surface area contributed by atoms with E-state index in [0.29, 0.717) is 21.5 Å². The van der Waals surface area contributed by atoms with E-state index in [0.717, 1.165) is 19.4 Å². The lowest BCUT2D eigenvalue weighted by atomic mass is 9.82. The van der Waals surface area contributed by atoms with Gasteiger partial charge in [-0.1, -0.05) is 23.2 Å². The van der Waals surface area contributed by atoms with E-state index in [4.69, 9.17) is 23.2 Å². The Kier molecular flexibility index (Phi) is 5.08. The van der Waals surface area contributed by atoms with Crippen LogP contribution >= 0.6 is 23.2 Å². The van der Waals surface area contributed by atoms with Crippen molar-refractivity contribution < 1.29 is 9.90 Å². The summed E-state index contributed by atoms with van der Waals surface area (Å²) in [6.07, 6.45) is 1.49. The van der Waals surface area contributed by atoms with Gasteiger partial charge in [-0.25, -0.2) is 0 Å². The zero-order valence-corrected chi connectivity index (χ0v) is 13.2. The van der Waals surface area contributed by atoms with Crippen LogP contribution in [0.15, 0.2) is 18.2 Å². The molecule has 5 heteroatoms. The van der Waals surface area contributed by atoms with Crippen molar-refractivity contribution in [2.24, 2.45) is 5.92 Å². The van der Waals surface area contributed by atoms with Gasteiger partial charge >= 0.3 is 0 Å². The third-order valence-electron chi connectivity index (χ3n) is 3.99. The zero-order valence-electron chi connectivity index (χ0n) is 11.6. The number of rotatable bonds is 5. The maximum absolute atomic E-state index is 12.5. The molecule has 1 aromatic carbocycles. The molecule has 0 saturated heterocycles. The molecule has 1 N–H and O–H groups in total. The molecule has 0 aliphatic heterocycles. The van der Waals surface area contributed by atoms with E-state index in [1.807, 2.05) is 18.9 Å². The van der Waals surface area contributed by atoms with Gasteiger partial charge in [-0.3, -0.25) is 9.69 Å². The SMILES string of the molecule is CC(C(=O)c1ccc(Cl)cc1Cl)N(C)CC1CC(O)C1. The predicted molar refractivity (Wildman–Crippen MR) is 81.6 cm³/mol. The summed E-state index contributed by atoms with van der Waals surface area (Å²) in [5.41, 5.74) is 0.504. The van der Waals surface area contributed by atoms with Crippen LogP contribution in [0.4, 0.5) is 0 Å². The van der Waals surface area contributed by atoms with E-state index in [2.05, 4.69) is 0 Å². The minimum Gasteiger partial charge on any atom is -0.393 e. The standard InChI is InChI=1S/C15H19Cl2NO2/c1-9(18(2)8-10-5-12(19)6-10)15(20)13-4-3-11(16)7-14(13)17/h3-4,7,9-10,12,19H,5-6,8H2,1-2H3. The first-order valence-electron chi connectivity index (χ1n) is 6.76. The molecule has 0 heterocycles. The van der Waals surface area contributed by atoms with Gasteiger partial charge in [0.05, 0.1) is 17.2 Å². The Morgan fingerprint density at radius 2 is 2.10 bits per heavy atom. The number of hydrogen-bond acceptors (Lipinski definition) is 3. The number of Topliss-reactive ketones (excluding diaryl/α,β-unsaturated/α-hetero) is 1. The molecule has 110 valence electrons. The maximum Gasteiger partial charge on any atom is 0.181 e. The molecular weight excluding hydrogens is 297 g/mol. The van der Waals surface area contributed by atoms with Crippen LogP contribution in [0.3, 0.4) is 0 Å². The van der Waals surface area contributed by atoms with Crippen molar-refractivity contribution in [2.75, 3.05) is 13.6 Å². The van der Waals surface area contributed by atoms with Crippen molar-refractivity contribution in [3.8, 4) is 0 Å². The Morgan fingerprint density at radius 1 is 1.45 bits per heavy atom. The Balaban J connectivity index is 2.00. The van der Waals surface area contributed by atoms with Gasteiger partial charge in [0, 0.05) is 17.1 Å². The normalized spacial score (nSPS) is 23.5. The van der Waals surface area contributed by atoms with Crippen molar-refractivity contribution in [3.05, 3.63) is 33.8 Å².